The van der Waals surface area contributed by atoms with Crippen molar-refractivity contribution >= 4 is 42.4 Å². The summed E-state index contributed by atoms with van der Waals surface area (Å²) in [6.07, 6.45) is 22.2. The van der Waals surface area contributed by atoms with Crippen molar-refractivity contribution in [2.45, 2.75) is 114 Å². The standard InChI is InChI=1S/C51H54N2.C9H9.ClH.Pd/c1-3-9-21-38(22-10-4-1)46-35-33-40-25-17-19-31-44(40)50(46)52-37-53(49(43-29-15-8-16-30-43)48(52)42-27-13-7-14-28-42)51-45-32-20-18-26-41(45)34-36-47(51)39-23-11-5-2-6-12-24-39;1-2-6-9-7-4-3-5-8-9;;/h7-8,13-20,25-36,38-39,48-49H,1-6,9-12,21-24H2;2-8H,1H2;1H;/q;;;+2/p-1/t48-,49-;;;/m0.../s1. The van der Waals surface area contributed by atoms with E-state index in [0.717, 1.165) is 0 Å². The SMILES string of the molecule is [CH2][CH][CH]c1ccccc1.[C]1N(c2c(C3CCCCCCC3)ccc3ccccc23)[C@@H](c2ccccc2)[C@H](c2ccccc2)N1c1c(C2CCCCCCC2)ccc2ccccc12.[Cl][Pd+]. The first-order chi connectivity index (χ1) is 31.8. The second kappa shape index (κ2) is 23.7. The van der Waals surface area contributed by atoms with Crippen molar-refractivity contribution in [3.63, 3.8) is 0 Å². The number of benzene rings is 7. The van der Waals surface area contributed by atoms with Gasteiger partial charge in [-0.1, -0.05) is 228 Å². The van der Waals surface area contributed by atoms with Gasteiger partial charge < -0.3 is 9.80 Å². The van der Waals surface area contributed by atoms with E-state index < -0.39 is 0 Å². The number of halogens is 1. The maximum absolute atomic E-state index is 4.49. The van der Waals surface area contributed by atoms with Gasteiger partial charge in [0.15, 0.2) is 0 Å². The Bertz CT molecular complexity index is 2300. The fourth-order valence-corrected chi connectivity index (χ4v) is 10.8. The van der Waals surface area contributed by atoms with Crippen LogP contribution in [0.2, 0.25) is 0 Å². The maximum atomic E-state index is 4.49. The third-order valence-electron chi connectivity index (χ3n) is 13.9. The Labute approximate surface area is 399 Å². The average molecular weight is 954 g/mol. The summed E-state index contributed by atoms with van der Waals surface area (Å²) in [6.45, 7) is 7.89. The third-order valence-corrected chi connectivity index (χ3v) is 13.9. The molecule has 0 aromatic heterocycles. The molecule has 1 saturated heterocycles. The minimum absolute atomic E-state index is 0.0286. The van der Waals surface area contributed by atoms with Crippen LogP contribution in [0.25, 0.3) is 21.5 Å². The third kappa shape index (κ3) is 10.8. The number of anilines is 2. The molecule has 2 nitrogen and oxygen atoms in total. The fourth-order valence-electron chi connectivity index (χ4n) is 10.8. The van der Waals surface area contributed by atoms with Gasteiger partial charge in [-0.25, -0.2) is 0 Å². The van der Waals surface area contributed by atoms with E-state index in [1.165, 1.54) is 151 Å². The van der Waals surface area contributed by atoms with Crippen molar-refractivity contribution in [1.29, 1.82) is 0 Å². The molecule has 0 bridgehead atoms. The van der Waals surface area contributed by atoms with E-state index in [2.05, 4.69) is 185 Å². The zero-order valence-corrected chi connectivity index (χ0v) is 39.6. The summed E-state index contributed by atoms with van der Waals surface area (Å²) in [5.74, 6) is 1.08. The summed E-state index contributed by atoms with van der Waals surface area (Å²) in [5.41, 5.74) is 9.60. The van der Waals surface area contributed by atoms with Gasteiger partial charge in [0.25, 0.3) is 0 Å². The number of hydrogen-bond donors (Lipinski definition) is 0. The van der Waals surface area contributed by atoms with Gasteiger partial charge in [-0.3, -0.25) is 0 Å². The molecular formula is C60H63ClN2Pd+. The zero-order chi connectivity index (χ0) is 43.9. The van der Waals surface area contributed by atoms with E-state index in [4.69, 9.17) is 0 Å². The average Bonchev–Trinajstić information content (AvgIpc) is 3.72. The molecule has 2 saturated carbocycles. The molecule has 4 heteroatoms. The Morgan fingerprint density at radius 1 is 0.438 bits per heavy atom. The molecule has 7 aromatic carbocycles. The molecule has 5 radical (unpaired) electrons. The first-order valence-corrected chi connectivity index (χ1v) is 25.9. The summed E-state index contributed by atoms with van der Waals surface area (Å²) in [5, 5.41) is 5.29. The number of fused-ring (bicyclic) bond motifs is 2. The monoisotopic (exact) mass is 952 g/mol. The summed E-state index contributed by atoms with van der Waals surface area (Å²) < 4.78 is 0. The molecule has 0 unspecified atom stereocenters. The number of rotatable bonds is 8. The fraction of sp³-hybridized carbons (Fsp3) is 0.300. The van der Waals surface area contributed by atoms with Crippen LogP contribution in [-0.2, 0) is 18.2 Å². The molecule has 10 rings (SSSR count). The van der Waals surface area contributed by atoms with E-state index in [-0.39, 0.29) is 12.1 Å². The zero-order valence-electron chi connectivity index (χ0n) is 37.2. The van der Waals surface area contributed by atoms with Crippen LogP contribution in [0.1, 0.15) is 142 Å². The Hall–Kier alpha value is -4.39. The molecule has 3 aliphatic rings. The van der Waals surface area contributed by atoms with E-state index >= 15 is 0 Å². The van der Waals surface area contributed by atoms with Gasteiger partial charge in [0.2, 0.25) is 6.67 Å². The van der Waals surface area contributed by atoms with Gasteiger partial charge in [-0.2, -0.15) is 0 Å². The van der Waals surface area contributed by atoms with Crippen molar-refractivity contribution in [3.05, 3.63) is 218 Å². The van der Waals surface area contributed by atoms with Gasteiger partial charge in [0.1, 0.15) is 0 Å². The van der Waals surface area contributed by atoms with Crippen molar-refractivity contribution < 1.29 is 18.2 Å². The topological polar surface area (TPSA) is 6.48 Å². The first kappa shape index (κ1) is 46.2. The van der Waals surface area contributed by atoms with E-state index in [9.17, 15) is 0 Å². The Morgan fingerprint density at radius 3 is 1.20 bits per heavy atom. The molecule has 1 aliphatic heterocycles. The second-order valence-electron chi connectivity index (χ2n) is 17.9. The normalized spacial score (nSPS) is 18.8. The minimum atomic E-state index is 0.0286. The molecule has 64 heavy (non-hydrogen) atoms. The van der Waals surface area contributed by atoms with E-state index in [1.54, 1.807) is 6.42 Å². The van der Waals surface area contributed by atoms with Crippen LogP contribution >= 0.6 is 9.53 Å². The predicted molar refractivity (Wildman–Crippen MR) is 270 cm³/mol. The molecule has 1 heterocycles. The Kier molecular flexibility index (Phi) is 17.1. The predicted octanol–water partition coefficient (Wildman–Crippen LogP) is 17.4. The summed E-state index contributed by atoms with van der Waals surface area (Å²) in [4.78, 5) is 5.24. The van der Waals surface area contributed by atoms with Crippen LogP contribution in [0.15, 0.2) is 164 Å². The van der Waals surface area contributed by atoms with Crippen LogP contribution in [0.4, 0.5) is 11.4 Å². The van der Waals surface area contributed by atoms with Crippen molar-refractivity contribution in [1.82, 2.24) is 0 Å². The Morgan fingerprint density at radius 2 is 0.797 bits per heavy atom. The van der Waals surface area contributed by atoms with Crippen LogP contribution in [0.3, 0.4) is 0 Å². The number of hydrogen-bond acceptors (Lipinski definition) is 2. The molecule has 0 spiro atoms. The summed E-state index contributed by atoms with van der Waals surface area (Å²) in [6, 6.07) is 60.9. The van der Waals surface area contributed by atoms with Crippen molar-refractivity contribution in [3.8, 4) is 0 Å². The van der Waals surface area contributed by atoms with Gasteiger partial charge in [-0.05, 0) is 95.9 Å². The van der Waals surface area contributed by atoms with E-state index in [1.807, 2.05) is 36.8 Å². The molecule has 2 atom stereocenters. The molecule has 0 N–H and O–H groups in total. The quantitative estimate of drug-likeness (QED) is 0.140. The second-order valence-corrected chi connectivity index (χ2v) is 17.9. The molecule has 0 amide bonds. The molecule has 3 fully saturated rings. The van der Waals surface area contributed by atoms with E-state index in [0.29, 0.717) is 11.8 Å². The van der Waals surface area contributed by atoms with Gasteiger partial charge in [0, 0.05) is 10.8 Å². The summed E-state index contributed by atoms with van der Waals surface area (Å²) in [7, 11) is 4.49. The van der Waals surface area contributed by atoms with Gasteiger partial charge >= 0.3 is 27.7 Å². The molecule has 7 aromatic rings. The van der Waals surface area contributed by atoms with Crippen molar-refractivity contribution in [2.75, 3.05) is 9.80 Å². The van der Waals surface area contributed by atoms with Gasteiger partial charge in [-0.15, -0.1) is 0 Å². The summed E-state index contributed by atoms with van der Waals surface area (Å²) >= 11 is 2.22. The van der Waals surface area contributed by atoms with Crippen LogP contribution in [0, 0.1) is 26.4 Å². The first-order valence-electron chi connectivity index (χ1n) is 23.9. The molecule has 2 aliphatic carbocycles. The molecular weight excluding hydrogens is 891 g/mol. The van der Waals surface area contributed by atoms with Gasteiger partial charge in [0.05, 0.1) is 23.5 Å². The van der Waals surface area contributed by atoms with Crippen LogP contribution in [0.5, 0.6) is 0 Å². The number of nitrogens with zero attached hydrogens (tertiary/aromatic N) is 2. The van der Waals surface area contributed by atoms with Crippen LogP contribution < -0.4 is 9.80 Å². The Balaban J connectivity index is 0.000000452. The van der Waals surface area contributed by atoms with Crippen LogP contribution in [-0.4, -0.2) is 0 Å². The van der Waals surface area contributed by atoms with Crippen molar-refractivity contribution in [2.24, 2.45) is 0 Å². The molecule has 329 valence electrons.